The van der Waals surface area contributed by atoms with Gasteiger partial charge >= 0.3 is 0 Å². The minimum Gasteiger partial charge on any atom is -0.397 e. The van der Waals surface area contributed by atoms with Crippen molar-refractivity contribution in [1.29, 1.82) is 0 Å². The lowest BCUT2D eigenvalue weighted by molar-refractivity contribution is 0.0779. The number of nitrogens with two attached hydrogens (primary N) is 1. The molecule has 1 aromatic carbocycles. The topological polar surface area (TPSA) is 72.1 Å². The summed E-state index contributed by atoms with van der Waals surface area (Å²) in [5.74, 6) is -0.378. The van der Waals surface area contributed by atoms with Gasteiger partial charge < -0.3 is 10.6 Å². The van der Waals surface area contributed by atoms with E-state index >= 15 is 0 Å². The van der Waals surface area contributed by atoms with Crippen LogP contribution in [0.15, 0.2) is 23.4 Å². The Morgan fingerprint density at radius 3 is 2.59 bits per heavy atom. The Kier molecular flexibility index (Phi) is 5.67. The first-order chi connectivity index (χ1) is 12.9. The molecule has 5 nitrogen and oxygen atoms in total. The second-order valence-corrected chi connectivity index (χ2v) is 7.80. The van der Waals surface area contributed by atoms with Crippen molar-refractivity contribution < 1.29 is 9.18 Å². The largest absolute Gasteiger partial charge is 0.397 e. The molecule has 8 heteroatoms. The van der Waals surface area contributed by atoms with Crippen LogP contribution >= 0.6 is 23.1 Å². The lowest BCUT2D eigenvalue weighted by Gasteiger charge is -2.17. The molecular formula is C19H21FN4OS2. The van der Waals surface area contributed by atoms with Crippen LogP contribution in [0.3, 0.4) is 0 Å². The molecule has 3 rings (SSSR count). The number of rotatable bonds is 5. The van der Waals surface area contributed by atoms with E-state index < -0.39 is 0 Å². The number of benzene rings is 1. The molecule has 0 saturated carbocycles. The van der Waals surface area contributed by atoms with Crippen LogP contribution in [0.1, 0.15) is 29.1 Å². The molecule has 0 aliphatic carbocycles. The van der Waals surface area contributed by atoms with Crippen molar-refractivity contribution in [3.8, 4) is 11.3 Å². The molecule has 0 saturated heterocycles. The maximum Gasteiger partial charge on any atom is 0.266 e. The first kappa shape index (κ1) is 19.6. The summed E-state index contributed by atoms with van der Waals surface area (Å²) in [6.07, 6.45) is 1.89. The van der Waals surface area contributed by atoms with Gasteiger partial charge in [0.2, 0.25) is 0 Å². The van der Waals surface area contributed by atoms with E-state index in [2.05, 4.69) is 9.97 Å². The zero-order valence-electron chi connectivity index (χ0n) is 15.7. The summed E-state index contributed by atoms with van der Waals surface area (Å²) in [5, 5.41) is 1.24. The Morgan fingerprint density at radius 2 is 2.00 bits per heavy atom. The van der Waals surface area contributed by atoms with E-state index in [1.807, 2.05) is 20.1 Å². The molecule has 0 unspecified atom stereocenters. The molecule has 0 aliphatic rings. The van der Waals surface area contributed by atoms with Crippen LogP contribution in [0.5, 0.6) is 0 Å². The van der Waals surface area contributed by atoms with Crippen molar-refractivity contribution in [1.82, 2.24) is 14.9 Å². The molecule has 0 radical (unpaired) electrons. The zero-order chi connectivity index (χ0) is 19.7. The molecule has 2 heterocycles. The number of aryl methyl sites for hydroxylation is 1. The number of hydrogen-bond acceptors (Lipinski definition) is 6. The highest BCUT2D eigenvalue weighted by Crippen LogP contribution is 2.40. The second kappa shape index (κ2) is 7.82. The number of halogens is 1. The summed E-state index contributed by atoms with van der Waals surface area (Å²) in [6, 6.07) is 4.84. The predicted octanol–water partition coefficient (Wildman–Crippen LogP) is 4.59. The van der Waals surface area contributed by atoms with E-state index in [0.717, 1.165) is 5.56 Å². The average Bonchev–Trinajstić information content (AvgIpc) is 3.00. The third-order valence-corrected chi connectivity index (χ3v) is 6.06. The Morgan fingerprint density at radius 1 is 1.30 bits per heavy atom. The monoisotopic (exact) mass is 404 g/mol. The number of thiophene rings is 1. The molecule has 0 aliphatic heterocycles. The quantitative estimate of drug-likeness (QED) is 0.497. The molecule has 0 fully saturated rings. The van der Waals surface area contributed by atoms with Gasteiger partial charge in [-0.3, -0.25) is 4.79 Å². The van der Waals surface area contributed by atoms with Crippen LogP contribution in [-0.2, 0) is 0 Å². The van der Waals surface area contributed by atoms with Crippen LogP contribution in [0.4, 0.5) is 10.1 Å². The maximum absolute atomic E-state index is 13.7. The first-order valence-electron chi connectivity index (χ1n) is 8.61. The summed E-state index contributed by atoms with van der Waals surface area (Å²) in [4.78, 5) is 24.9. The summed E-state index contributed by atoms with van der Waals surface area (Å²) < 4.78 is 13.7. The third-order valence-electron chi connectivity index (χ3n) is 4.43. The van der Waals surface area contributed by atoms with Crippen molar-refractivity contribution in [3.63, 3.8) is 0 Å². The summed E-state index contributed by atoms with van der Waals surface area (Å²) in [7, 11) is 0. The van der Waals surface area contributed by atoms with E-state index in [0.29, 0.717) is 50.3 Å². The number of aromatic nitrogens is 2. The van der Waals surface area contributed by atoms with Gasteiger partial charge in [-0.15, -0.1) is 11.3 Å². The summed E-state index contributed by atoms with van der Waals surface area (Å²) in [5.41, 5.74) is 8.68. The normalized spacial score (nSPS) is 11.1. The fraction of sp³-hybridized carbons (Fsp3) is 0.316. The van der Waals surface area contributed by atoms with E-state index in [1.165, 1.54) is 29.2 Å². The molecule has 1 amide bonds. The van der Waals surface area contributed by atoms with Gasteiger partial charge in [-0.25, -0.2) is 14.4 Å². The number of hydrogen-bond donors (Lipinski definition) is 1. The molecular weight excluding hydrogens is 383 g/mol. The third kappa shape index (κ3) is 3.51. The number of carbonyl (C=O) groups is 1. The Bertz CT molecular complexity index is 1010. The smallest absolute Gasteiger partial charge is 0.266 e. The molecule has 0 spiro atoms. The Balaban J connectivity index is 2.27. The fourth-order valence-electron chi connectivity index (χ4n) is 2.91. The highest BCUT2D eigenvalue weighted by Gasteiger charge is 2.24. The van der Waals surface area contributed by atoms with Gasteiger partial charge in [0.05, 0.1) is 16.8 Å². The van der Waals surface area contributed by atoms with Gasteiger partial charge in [0.25, 0.3) is 5.91 Å². The molecule has 2 aromatic heterocycles. The van der Waals surface area contributed by atoms with Crippen molar-refractivity contribution in [2.45, 2.75) is 25.9 Å². The van der Waals surface area contributed by atoms with Gasteiger partial charge in [-0.2, -0.15) is 0 Å². The van der Waals surface area contributed by atoms with Gasteiger partial charge in [-0.05, 0) is 50.8 Å². The molecule has 0 atom stereocenters. The molecule has 142 valence electrons. The minimum absolute atomic E-state index is 0.104. The highest BCUT2D eigenvalue weighted by atomic mass is 32.2. The maximum atomic E-state index is 13.7. The van der Waals surface area contributed by atoms with Crippen LogP contribution in [0.2, 0.25) is 0 Å². The van der Waals surface area contributed by atoms with Gasteiger partial charge in [0.15, 0.2) is 5.16 Å². The van der Waals surface area contributed by atoms with Crippen LogP contribution in [0.25, 0.3) is 21.5 Å². The lowest BCUT2D eigenvalue weighted by Crippen LogP contribution is -2.30. The van der Waals surface area contributed by atoms with Gasteiger partial charge in [0, 0.05) is 18.7 Å². The predicted molar refractivity (Wildman–Crippen MR) is 111 cm³/mol. The average molecular weight is 405 g/mol. The fourth-order valence-corrected chi connectivity index (χ4v) is 4.39. The van der Waals surface area contributed by atoms with E-state index in [-0.39, 0.29) is 11.7 Å². The van der Waals surface area contributed by atoms with E-state index in [1.54, 1.807) is 24.0 Å². The highest BCUT2D eigenvalue weighted by molar-refractivity contribution is 7.98. The lowest BCUT2D eigenvalue weighted by atomic mass is 10.1. The standard InChI is InChI=1S/C19H21FN4OS2/c1-5-24(6-2)18(25)16-14(21)13-15(11-7-8-12(20)10(3)9-11)22-19(26-4)23-17(13)27-16/h7-9H,5-6,21H2,1-4H3. The minimum atomic E-state index is -0.273. The van der Waals surface area contributed by atoms with Crippen molar-refractivity contribution in [2.24, 2.45) is 0 Å². The molecule has 0 bridgehead atoms. The van der Waals surface area contributed by atoms with Crippen molar-refractivity contribution >= 4 is 44.9 Å². The first-order valence-corrected chi connectivity index (χ1v) is 10.6. The number of nitrogens with zero attached hydrogens (tertiary/aromatic N) is 3. The summed E-state index contributed by atoms with van der Waals surface area (Å²) in [6.45, 7) is 6.79. The number of thioether (sulfide) groups is 1. The molecule has 2 N–H and O–H groups in total. The van der Waals surface area contributed by atoms with Crippen LogP contribution in [-0.4, -0.2) is 40.1 Å². The van der Waals surface area contributed by atoms with E-state index in [9.17, 15) is 9.18 Å². The molecule has 3 aromatic rings. The Hall–Kier alpha value is -2.19. The Labute approximate surface area is 165 Å². The zero-order valence-corrected chi connectivity index (χ0v) is 17.3. The summed E-state index contributed by atoms with van der Waals surface area (Å²) >= 11 is 2.69. The van der Waals surface area contributed by atoms with Crippen molar-refractivity contribution in [3.05, 3.63) is 34.5 Å². The van der Waals surface area contributed by atoms with Gasteiger partial charge in [0.1, 0.15) is 15.5 Å². The molecule has 27 heavy (non-hydrogen) atoms. The SMILES string of the molecule is CCN(CC)C(=O)c1sc2nc(SC)nc(-c3ccc(F)c(C)c3)c2c1N. The number of nitrogen functional groups attached to an aromatic ring is 1. The number of fused-ring (bicyclic) bond motifs is 1. The number of amides is 1. The number of carbonyl (C=O) groups excluding carboxylic acids is 1. The van der Waals surface area contributed by atoms with Crippen molar-refractivity contribution in [2.75, 3.05) is 25.1 Å². The van der Waals surface area contributed by atoms with Crippen LogP contribution < -0.4 is 5.73 Å². The van der Waals surface area contributed by atoms with Crippen LogP contribution in [0, 0.1) is 12.7 Å². The second-order valence-electron chi connectivity index (χ2n) is 6.03. The van der Waals surface area contributed by atoms with E-state index in [4.69, 9.17) is 5.73 Å². The van der Waals surface area contributed by atoms with Gasteiger partial charge in [-0.1, -0.05) is 11.8 Å². The number of anilines is 1.